The second kappa shape index (κ2) is 48.0. The average Bonchev–Trinajstić information content (AvgIpc) is 3.20. The third-order valence-electron chi connectivity index (χ3n) is 11.3. The van der Waals surface area contributed by atoms with E-state index in [1.54, 1.807) is 0 Å². The molecule has 0 aromatic rings. The average molecular weight is 791 g/mol. The van der Waals surface area contributed by atoms with E-state index in [2.05, 4.69) is 32.9 Å². The highest BCUT2D eigenvalue weighted by atomic mass is 16.6. The molecule has 0 N–H and O–H groups in total. The summed E-state index contributed by atoms with van der Waals surface area (Å²) in [5, 5.41) is 0. The zero-order valence-electron chi connectivity index (χ0n) is 38.2. The SMILES string of the molecule is CCCCCCCC/C=C\CCCCCCCC(=O)OCC(COCCCCCCCCCCCCCCCC)OC(=O)CCCCCCCCCCCCC. The van der Waals surface area contributed by atoms with Gasteiger partial charge >= 0.3 is 11.9 Å². The molecule has 0 radical (unpaired) electrons. The summed E-state index contributed by atoms with van der Waals surface area (Å²) in [4.78, 5) is 25.3. The first-order chi connectivity index (χ1) is 27.6. The van der Waals surface area contributed by atoms with Crippen LogP contribution in [0.1, 0.15) is 278 Å². The Morgan fingerprint density at radius 3 is 1.09 bits per heavy atom. The van der Waals surface area contributed by atoms with E-state index in [1.165, 1.54) is 205 Å². The zero-order chi connectivity index (χ0) is 40.7. The molecule has 56 heavy (non-hydrogen) atoms. The fraction of sp³-hybridized carbons (Fsp3) is 0.922. The molecule has 0 aromatic carbocycles. The minimum atomic E-state index is -0.528. The van der Waals surface area contributed by atoms with Crippen LogP contribution in [-0.2, 0) is 23.8 Å². The highest BCUT2D eigenvalue weighted by Gasteiger charge is 2.17. The first kappa shape index (κ1) is 54.6. The molecule has 5 nitrogen and oxygen atoms in total. The molecule has 1 unspecified atom stereocenters. The van der Waals surface area contributed by atoms with Gasteiger partial charge in [0.2, 0.25) is 0 Å². The van der Waals surface area contributed by atoms with Crippen molar-refractivity contribution in [1.29, 1.82) is 0 Å². The number of allylic oxidation sites excluding steroid dienone is 2. The number of rotatable bonds is 47. The number of hydrogen-bond donors (Lipinski definition) is 0. The lowest BCUT2D eigenvalue weighted by molar-refractivity contribution is -0.163. The normalized spacial score (nSPS) is 12.1. The Kier molecular flexibility index (Phi) is 46.8. The number of carbonyl (C=O) groups excluding carboxylic acids is 2. The molecule has 1 atom stereocenters. The van der Waals surface area contributed by atoms with Crippen molar-refractivity contribution in [2.45, 2.75) is 284 Å². The topological polar surface area (TPSA) is 61.8 Å². The monoisotopic (exact) mass is 791 g/mol. The van der Waals surface area contributed by atoms with Crippen molar-refractivity contribution in [3.63, 3.8) is 0 Å². The van der Waals surface area contributed by atoms with E-state index >= 15 is 0 Å². The van der Waals surface area contributed by atoms with Gasteiger partial charge in [-0.3, -0.25) is 9.59 Å². The Bertz CT molecular complexity index is 810. The van der Waals surface area contributed by atoms with Gasteiger partial charge in [0.1, 0.15) is 6.61 Å². The Morgan fingerprint density at radius 2 is 0.696 bits per heavy atom. The molecule has 0 amide bonds. The molecule has 0 aromatic heterocycles. The highest BCUT2D eigenvalue weighted by Crippen LogP contribution is 2.15. The lowest BCUT2D eigenvalue weighted by Gasteiger charge is -2.18. The van der Waals surface area contributed by atoms with E-state index < -0.39 is 6.10 Å². The number of hydrogen-bond acceptors (Lipinski definition) is 5. The van der Waals surface area contributed by atoms with Crippen molar-refractivity contribution in [3.8, 4) is 0 Å². The predicted molar refractivity (Wildman–Crippen MR) is 242 cm³/mol. The molecular formula is C51H98O5. The summed E-state index contributed by atoms with van der Waals surface area (Å²) in [7, 11) is 0. The lowest BCUT2D eigenvalue weighted by atomic mass is 10.0. The second-order valence-corrected chi connectivity index (χ2v) is 17.1. The van der Waals surface area contributed by atoms with Crippen LogP contribution in [-0.4, -0.2) is 37.9 Å². The van der Waals surface area contributed by atoms with E-state index in [-0.39, 0.29) is 18.5 Å². The van der Waals surface area contributed by atoms with Crippen LogP contribution in [0.5, 0.6) is 0 Å². The quantitative estimate of drug-likeness (QED) is 0.0349. The van der Waals surface area contributed by atoms with Crippen LogP contribution in [0, 0.1) is 0 Å². The number of unbranched alkanes of at least 4 members (excludes halogenated alkanes) is 34. The summed E-state index contributed by atoms with van der Waals surface area (Å²) < 4.78 is 17.4. The molecule has 0 saturated heterocycles. The van der Waals surface area contributed by atoms with E-state index in [0.717, 1.165) is 38.5 Å². The maximum Gasteiger partial charge on any atom is 0.306 e. The van der Waals surface area contributed by atoms with Gasteiger partial charge in [-0.05, 0) is 44.9 Å². The Hall–Kier alpha value is -1.36. The van der Waals surface area contributed by atoms with Crippen LogP contribution in [0.3, 0.4) is 0 Å². The highest BCUT2D eigenvalue weighted by molar-refractivity contribution is 5.70. The molecular weight excluding hydrogens is 693 g/mol. The standard InChI is InChI=1S/C51H98O5/c1-4-7-10-13-16-19-22-24-26-27-30-32-35-38-41-44-50(52)55-48-49(56-51(53)45-42-39-36-33-29-21-18-15-12-9-6-3)47-54-46-43-40-37-34-31-28-25-23-20-17-14-11-8-5-2/h24,26,49H,4-23,25,27-48H2,1-3H3/b26-24-. The van der Waals surface area contributed by atoms with Crippen LogP contribution in [0.25, 0.3) is 0 Å². The van der Waals surface area contributed by atoms with Crippen LogP contribution in [0.4, 0.5) is 0 Å². The number of carbonyl (C=O) groups is 2. The first-order valence-electron chi connectivity index (χ1n) is 25.2. The summed E-state index contributed by atoms with van der Waals surface area (Å²) in [6.45, 7) is 7.86. The fourth-order valence-electron chi connectivity index (χ4n) is 7.51. The molecule has 0 bridgehead atoms. The molecule has 0 heterocycles. The van der Waals surface area contributed by atoms with E-state index in [0.29, 0.717) is 26.1 Å². The molecule has 0 aliphatic carbocycles. The van der Waals surface area contributed by atoms with Crippen molar-refractivity contribution >= 4 is 11.9 Å². The van der Waals surface area contributed by atoms with Crippen molar-refractivity contribution in [2.75, 3.05) is 19.8 Å². The van der Waals surface area contributed by atoms with Crippen LogP contribution in [0.15, 0.2) is 12.2 Å². The van der Waals surface area contributed by atoms with Gasteiger partial charge in [0, 0.05) is 19.4 Å². The second-order valence-electron chi connectivity index (χ2n) is 17.1. The summed E-state index contributed by atoms with van der Waals surface area (Å²) in [6, 6.07) is 0. The van der Waals surface area contributed by atoms with Crippen molar-refractivity contribution in [3.05, 3.63) is 12.2 Å². The molecule has 0 rings (SSSR count). The largest absolute Gasteiger partial charge is 0.462 e. The van der Waals surface area contributed by atoms with Gasteiger partial charge in [-0.25, -0.2) is 0 Å². The summed E-state index contributed by atoms with van der Waals surface area (Å²) in [5.74, 6) is -0.389. The number of ether oxygens (including phenoxy) is 3. The van der Waals surface area contributed by atoms with Gasteiger partial charge in [-0.1, -0.05) is 232 Å². The minimum Gasteiger partial charge on any atom is -0.462 e. The van der Waals surface area contributed by atoms with Crippen LogP contribution < -0.4 is 0 Å². The Labute approximate surface area is 350 Å². The molecule has 0 fully saturated rings. The lowest BCUT2D eigenvalue weighted by Crippen LogP contribution is -2.30. The molecule has 0 spiro atoms. The van der Waals surface area contributed by atoms with Gasteiger partial charge in [-0.2, -0.15) is 0 Å². The van der Waals surface area contributed by atoms with Crippen molar-refractivity contribution in [1.82, 2.24) is 0 Å². The minimum absolute atomic E-state index is 0.0899. The molecule has 5 heteroatoms. The first-order valence-corrected chi connectivity index (χ1v) is 25.2. The van der Waals surface area contributed by atoms with E-state index in [9.17, 15) is 9.59 Å². The van der Waals surface area contributed by atoms with Gasteiger partial charge < -0.3 is 14.2 Å². The van der Waals surface area contributed by atoms with Gasteiger partial charge in [0.15, 0.2) is 6.10 Å². The Morgan fingerprint density at radius 1 is 0.375 bits per heavy atom. The molecule has 0 saturated carbocycles. The third-order valence-corrected chi connectivity index (χ3v) is 11.3. The smallest absolute Gasteiger partial charge is 0.306 e. The van der Waals surface area contributed by atoms with E-state index in [1.807, 2.05) is 0 Å². The van der Waals surface area contributed by atoms with Gasteiger partial charge in [-0.15, -0.1) is 0 Å². The van der Waals surface area contributed by atoms with Crippen molar-refractivity contribution in [2.24, 2.45) is 0 Å². The zero-order valence-corrected chi connectivity index (χ0v) is 38.2. The summed E-state index contributed by atoms with van der Waals surface area (Å²) in [5.41, 5.74) is 0. The van der Waals surface area contributed by atoms with Gasteiger partial charge in [0.25, 0.3) is 0 Å². The Balaban J connectivity index is 4.20. The summed E-state index contributed by atoms with van der Waals surface area (Å²) in [6.07, 6.45) is 53.5. The van der Waals surface area contributed by atoms with E-state index in [4.69, 9.17) is 14.2 Å². The molecule has 0 aliphatic heterocycles. The maximum absolute atomic E-state index is 12.7. The van der Waals surface area contributed by atoms with Gasteiger partial charge in [0.05, 0.1) is 6.61 Å². The molecule has 0 aliphatic rings. The van der Waals surface area contributed by atoms with Crippen LogP contribution in [0.2, 0.25) is 0 Å². The maximum atomic E-state index is 12.7. The van der Waals surface area contributed by atoms with Crippen molar-refractivity contribution < 1.29 is 23.8 Å². The third kappa shape index (κ3) is 45.3. The fourth-order valence-corrected chi connectivity index (χ4v) is 7.51. The summed E-state index contributed by atoms with van der Waals surface area (Å²) >= 11 is 0. The molecule has 332 valence electrons. The number of esters is 2. The predicted octanol–water partition coefficient (Wildman–Crippen LogP) is 16.7. The van der Waals surface area contributed by atoms with Crippen LogP contribution >= 0.6 is 0 Å².